The van der Waals surface area contributed by atoms with Crippen LogP contribution in [0.5, 0.6) is 0 Å². The molecule has 12 nitrogen and oxygen atoms in total. The summed E-state index contributed by atoms with van der Waals surface area (Å²) in [6.07, 6.45) is 2.43. The molecule has 2 aliphatic rings. The molecule has 0 radical (unpaired) electrons. The molecule has 218 valence electrons. The van der Waals surface area contributed by atoms with Crippen LogP contribution in [0.4, 0.5) is 10.1 Å². The number of thioether (sulfide) groups is 1. The van der Waals surface area contributed by atoms with E-state index in [1.807, 2.05) is 6.92 Å². The standard InChI is InChI=1S/C25H24FN5O7S2.HI/c1-12-18(16-7-28-11-29(8-17(27)33)23(39-10-26)24(28)40-16)21(30-20(12)19(13(2)32)22(30)34)25(35)38-9-14-3-5-15(6-4-14)31(36)37;/h3-7,11-13,19-20,32H,8-10H2,1-2H3,(H-,27,33);1H/t12-,13+,19+,20+;/m0./s1. The molecule has 0 saturated carbocycles. The van der Waals surface area contributed by atoms with E-state index in [9.17, 15) is 34.0 Å². The highest BCUT2D eigenvalue weighted by Gasteiger charge is 2.60. The Kier molecular flexibility index (Phi) is 9.05. The average molecular weight is 718 g/mol. The number of nitro benzene ring substituents is 1. The van der Waals surface area contributed by atoms with Crippen molar-refractivity contribution < 1.29 is 62.1 Å². The Balaban J connectivity index is 0.00000387. The number of esters is 1. The maximum atomic E-state index is 13.5. The van der Waals surface area contributed by atoms with Gasteiger partial charge in [-0.15, -0.1) is 0 Å². The number of β-lactam (4-membered cyclic amide) rings is 1. The highest BCUT2D eigenvalue weighted by atomic mass is 127. The number of nitrogens with zero attached hydrogens (tertiary/aromatic N) is 4. The lowest BCUT2D eigenvalue weighted by atomic mass is 9.77. The minimum atomic E-state index is -0.924. The lowest BCUT2D eigenvalue weighted by Gasteiger charge is -2.46. The second-order valence-corrected chi connectivity index (χ2v) is 11.5. The van der Waals surface area contributed by atoms with Gasteiger partial charge in [0.2, 0.25) is 15.8 Å². The van der Waals surface area contributed by atoms with Gasteiger partial charge in [-0.3, -0.25) is 19.7 Å². The Hall–Kier alpha value is -3.09. The number of imidazole rings is 1. The summed E-state index contributed by atoms with van der Waals surface area (Å²) in [7, 11) is 0. The number of amides is 2. The van der Waals surface area contributed by atoms with Crippen molar-refractivity contribution in [3.05, 3.63) is 63.0 Å². The number of aliphatic hydroxyl groups excluding tert-OH is 1. The van der Waals surface area contributed by atoms with Crippen molar-refractivity contribution in [1.82, 2.24) is 9.30 Å². The van der Waals surface area contributed by atoms with Crippen LogP contribution in [0.1, 0.15) is 24.3 Å². The predicted molar refractivity (Wildman–Crippen MR) is 141 cm³/mol. The predicted octanol–water partition coefficient (Wildman–Crippen LogP) is -0.983. The van der Waals surface area contributed by atoms with Crippen LogP contribution >= 0.6 is 23.1 Å². The van der Waals surface area contributed by atoms with E-state index in [1.54, 1.807) is 21.5 Å². The van der Waals surface area contributed by atoms with Gasteiger partial charge in [0.05, 0.1) is 27.9 Å². The molecule has 2 aliphatic heterocycles. The van der Waals surface area contributed by atoms with Gasteiger partial charge in [-0.1, -0.05) is 18.3 Å². The molecule has 4 atom stereocenters. The minimum Gasteiger partial charge on any atom is -1.00 e. The first kappa shape index (κ1) is 30.9. The first-order valence-corrected chi connectivity index (χ1v) is 14.0. The SMILES string of the molecule is C[C@@H](O)[C@H]1C(=O)N2C(C(=O)OCc3ccc([N+](=O)[O-])cc3)=C(c3cn4c[n+](CC(N)=O)c(SCF)c4s3)[C@H](C)[C@H]12.[I-]. The normalized spacial score (nSPS) is 20.4. The Bertz CT molecular complexity index is 1570. The number of carbonyl (C=O) groups excluding carboxylic acids is 3. The number of thiazole rings is 1. The molecule has 0 bridgehead atoms. The van der Waals surface area contributed by atoms with E-state index < -0.39 is 40.9 Å². The number of fused-ring (bicyclic) bond motifs is 2. The fourth-order valence-corrected chi connectivity index (χ4v) is 7.44. The number of non-ortho nitro benzene ring substituents is 1. The number of halogens is 2. The van der Waals surface area contributed by atoms with Gasteiger partial charge >= 0.3 is 5.97 Å². The summed E-state index contributed by atoms with van der Waals surface area (Å²) in [6, 6.07) is 4.38. The van der Waals surface area contributed by atoms with Gasteiger partial charge in [0.25, 0.3) is 17.9 Å². The van der Waals surface area contributed by atoms with Crippen molar-refractivity contribution in [3.63, 3.8) is 0 Å². The van der Waals surface area contributed by atoms with Crippen molar-refractivity contribution in [2.45, 2.75) is 44.2 Å². The van der Waals surface area contributed by atoms with Crippen molar-refractivity contribution in [2.24, 2.45) is 17.6 Å². The Morgan fingerprint density at radius 2 is 2.02 bits per heavy atom. The molecule has 5 rings (SSSR count). The first-order chi connectivity index (χ1) is 19.0. The molecule has 1 saturated heterocycles. The summed E-state index contributed by atoms with van der Waals surface area (Å²) < 4.78 is 22.2. The number of benzene rings is 1. The van der Waals surface area contributed by atoms with Crippen LogP contribution < -0.4 is 34.3 Å². The summed E-state index contributed by atoms with van der Waals surface area (Å²) in [5.41, 5.74) is 6.39. The smallest absolute Gasteiger partial charge is 0.355 e. The summed E-state index contributed by atoms with van der Waals surface area (Å²) >= 11 is 2.17. The lowest BCUT2D eigenvalue weighted by molar-refractivity contribution is -0.717. The van der Waals surface area contributed by atoms with E-state index in [1.165, 1.54) is 47.4 Å². The molecule has 4 heterocycles. The van der Waals surface area contributed by atoms with Crippen molar-refractivity contribution in [3.8, 4) is 0 Å². The molecular weight excluding hydrogens is 692 g/mol. The Morgan fingerprint density at radius 3 is 2.61 bits per heavy atom. The van der Waals surface area contributed by atoms with Crippen LogP contribution in [0, 0.1) is 22.0 Å². The molecule has 2 amide bonds. The van der Waals surface area contributed by atoms with E-state index >= 15 is 0 Å². The molecule has 1 aromatic carbocycles. The van der Waals surface area contributed by atoms with Gasteiger partial charge in [0.15, 0.2) is 6.54 Å². The second kappa shape index (κ2) is 12.0. The number of rotatable bonds is 10. The topological polar surface area (TPSA) is 161 Å². The third-order valence-corrected chi connectivity index (χ3v) is 9.15. The monoisotopic (exact) mass is 717 g/mol. The quantitative estimate of drug-likeness (QED) is 0.0515. The minimum absolute atomic E-state index is 0. The van der Waals surface area contributed by atoms with E-state index in [4.69, 9.17) is 10.5 Å². The van der Waals surface area contributed by atoms with Crippen LogP contribution in [-0.4, -0.2) is 55.3 Å². The number of ether oxygens (including phenoxy) is 1. The van der Waals surface area contributed by atoms with Crippen molar-refractivity contribution in [2.75, 3.05) is 6.01 Å². The number of primary amides is 1. The maximum absolute atomic E-state index is 13.5. The molecule has 2 aromatic heterocycles. The highest BCUT2D eigenvalue weighted by molar-refractivity contribution is 7.99. The number of nitrogens with two attached hydrogens (primary N) is 1. The van der Waals surface area contributed by atoms with Gasteiger partial charge in [0, 0.05) is 23.6 Å². The average Bonchev–Trinajstić information content (AvgIpc) is 3.50. The van der Waals surface area contributed by atoms with Gasteiger partial charge in [-0.2, -0.15) is 4.40 Å². The fraction of sp³-hybridized carbons (Fsp3) is 0.360. The van der Waals surface area contributed by atoms with Gasteiger partial charge < -0.3 is 44.5 Å². The molecule has 3 aromatic rings. The molecule has 0 unspecified atom stereocenters. The summed E-state index contributed by atoms with van der Waals surface area (Å²) in [5, 5.41) is 21.7. The fourth-order valence-electron chi connectivity index (χ4n) is 5.35. The Morgan fingerprint density at radius 1 is 1.34 bits per heavy atom. The second-order valence-electron chi connectivity index (χ2n) is 9.59. The van der Waals surface area contributed by atoms with E-state index in [0.29, 0.717) is 25.9 Å². The van der Waals surface area contributed by atoms with Crippen LogP contribution in [0.3, 0.4) is 0 Å². The van der Waals surface area contributed by atoms with E-state index in [0.717, 1.165) is 11.8 Å². The lowest BCUT2D eigenvalue weighted by Crippen LogP contribution is -3.00. The van der Waals surface area contributed by atoms with Crippen LogP contribution in [0.15, 0.2) is 47.5 Å². The number of alkyl halides is 1. The number of hydrogen-bond acceptors (Lipinski definition) is 9. The van der Waals surface area contributed by atoms with E-state index in [2.05, 4.69) is 0 Å². The Labute approximate surface area is 258 Å². The molecule has 0 aliphatic carbocycles. The summed E-state index contributed by atoms with van der Waals surface area (Å²) in [5.74, 6) is -2.74. The summed E-state index contributed by atoms with van der Waals surface area (Å²) in [4.78, 5) is 51.1. The number of nitro groups is 1. The number of aromatic nitrogens is 2. The first-order valence-electron chi connectivity index (χ1n) is 12.2. The molecule has 41 heavy (non-hydrogen) atoms. The maximum Gasteiger partial charge on any atom is 0.355 e. The largest absolute Gasteiger partial charge is 1.00 e. The van der Waals surface area contributed by atoms with E-state index in [-0.39, 0.29) is 60.3 Å². The highest BCUT2D eigenvalue weighted by Crippen LogP contribution is 2.52. The van der Waals surface area contributed by atoms with Gasteiger partial charge in [-0.25, -0.2) is 13.8 Å². The van der Waals surface area contributed by atoms with Gasteiger partial charge in [-0.05, 0) is 36.4 Å². The number of hydrogen-bond donors (Lipinski definition) is 2. The zero-order chi connectivity index (χ0) is 28.9. The third kappa shape index (κ3) is 5.44. The summed E-state index contributed by atoms with van der Waals surface area (Å²) in [6.45, 7) is 3.09. The zero-order valence-electron chi connectivity index (χ0n) is 21.7. The number of aliphatic hydroxyl groups is 1. The van der Waals surface area contributed by atoms with Crippen LogP contribution in [0.2, 0.25) is 0 Å². The van der Waals surface area contributed by atoms with Crippen LogP contribution in [-0.2, 0) is 32.3 Å². The third-order valence-electron chi connectivity index (χ3n) is 7.07. The molecule has 16 heteroatoms. The van der Waals surface area contributed by atoms with Crippen molar-refractivity contribution in [1.29, 1.82) is 0 Å². The molecule has 3 N–H and O–H groups in total. The number of carbonyl (C=O) groups is 3. The molecule has 0 spiro atoms. The van der Waals surface area contributed by atoms with Crippen LogP contribution in [0.25, 0.3) is 10.4 Å². The zero-order valence-corrected chi connectivity index (χ0v) is 25.5. The molecule has 1 fully saturated rings. The molecular formula is C25H25FIN5O7S2. The van der Waals surface area contributed by atoms with Crippen molar-refractivity contribution >= 4 is 57.0 Å². The van der Waals surface area contributed by atoms with Gasteiger partial charge in [0.1, 0.15) is 24.5 Å².